The molecule has 0 aliphatic rings. The summed E-state index contributed by atoms with van der Waals surface area (Å²) >= 11 is 6.31. The number of hydrogen-bond donors (Lipinski definition) is 2. The van der Waals surface area contributed by atoms with E-state index in [-0.39, 0.29) is 23.1 Å². The lowest BCUT2D eigenvalue weighted by atomic mass is 9.70. The minimum Gasteiger partial charge on any atom is -0.507 e. The SMILES string of the molecule is CC(=O)c1cc(C(C)=O)cc(C(C)(c2cc(C)c(O)c(I)c2)c2cc(I)c(O)c(I)c2)c1. The maximum Gasteiger partial charge on any atom is 0.159 e. The lowest BCUT2D eigenvalue weighted by Gasteiger charge is -2.33. The van der Waals surface area contributed by atoms with Crippen LogP contribution in [0.25, 0.3) is 0 Å². The van der Waals surface area contributed by atoms with Crippen LogP contribution in [0.5, 0.6) is 11.5 Å². The maximum atomic E-state index is 12.3. The zero-order valence-corrected chi connectivity index (χ0v) is 24.4. The van der Waals surface area contributed by atoms with E-state index in [2.05, 4.69) is 67.8 Å². The predicted octanol–water partition coefficient (Wildman–Crippen LogP) is 6.98. The summed E-state index contributed by atoms with van der Waals surface area (Å²) in [4.78, 5) is 24.6. The van der Waals surface area contributed by atoms with Crippen LogP contribution in [-0.4, -0.2) is 21.8 Å². The molecular formula is C25H21I3O4. The zero-order valence-electron chi connectivity index (χ0n) is 17.9. The second-order valence-electron chi connectivity index (χ2n) is 7.95. The summed E-state index contributed by atoms with van der Waals surface area (Å²) in [6, 6.07) is 13.0. The number of carbonyl (C=O) groups is 2. The molecular weight excluding hydrogens is 745 g/mol. The molecule has 0 saturated heterocycles. The molecule has 0 aromatic heterocycles. The first-order valence-corrected chi connectivity index (χ1v) is 13.0. The number of benzene rings is 3. The molecule has 0 saturated carbocycles. The van der Waals surface area contributed by atoms with Crippen LogP contribution in [-0.2, 0) is 5.41 Å². The van der Waals surface area contributed by atoms with Gasteiger partial charge in [-0.25, -0.2) is 0 Å². The number of rotatable bonds is 5. The van der Waals surface area contributed by atoms with Crippen molar-refractivity contribution in [3.8, 4) is 11.5 Å². The fourth-order valence-electron chi connectivity index (χ4n) is 3.70. The lowest BCUT2D eigenvalue weighted by molar-refractivity contribution is 0.101. The van der Waals surface area contributed by atoms with Gasteiger partial charge in [0.05, 0.1) is 10.7 Å². The number of Topliss-reactive ketones (excluding diaryl/α,β-unsaturated/α-hetero) is 2. The van der Waals surface area contributed by atoms with Crippen LogP contribution >= 0.6 is 67.8 Å². The number of aromatic hydroxyl groups is 2. The summed E-state index contributed by atoms with van der Waals surface area (Å²) in [5, 5.41) is 20.7. The second-order valence-corrected chi connectivity index (χ2v) is 11.4. The molecule has 1 unspecified atom stereocenters. The van der Waals surface area contributed by atoms with Crippen molar-refractivity contribution in [3.63, 3.8) is 0 Å². The van der Waals surface area contributed by atoms with E-state index in [0.29, 0.717) is 21.8 Å². The number of ketones is 2. The van der Waals surface area contributed by atoms with Gasteiger partial charge in [0.25, 0.3) is 0 Å². The van der Waals surface area contributed by atoms with Gasteiger partial charge < -0.3 is 10.2 Å². The molecule has 0 radical (unpaired) electrons. The average molecular weight is 766 g/mol. The molecule has 2 N–H and O–H groups in total. The quantitative estimate of drug-likeness (QED) is 0.167. The van der Waals surface area contributed by atoms with Crippen LogP contribution < -0.4 is 0 Å². The highest BCUT2D eigenvalue weighted by atomic mass is 127. The third-order valence-electron chi connectivity index (χ3n) is 5.75. The summed E-state index contributed by atoms with van der Waals surface area (Å²) in [6.45, 7) is 6.86. The molecule has 166 valence electrons. The molecule has 0 aliphatic carbocycles. The molecule has 3 aromatic carbocycles. The third-order valence-corrected chi connectivity index (χ3v) is 8.22. The zero-order chi connectivity index (χ0) is 24.0. The Bertz CT molecular complexity index is 1130. The Labute approximate surface area is 228 Å². The molecule has 3 rings (SSSR count). The van der Waals surface area contributed by atoms with Crippen LogP contribution in [0.15, 0.2) is 42.5 Å². The summed E-state index contributed by atoms with van der Waals surface area (Å²) < 4.78 is 2.12. The molecule has 3 aromatic rings. The van der Waals surface area contributed by atoms with Crippen LogP contribution in [0.4, 0.5) is 0 Å². The van der Waals surface area contributed by atoms with Gasteiger partial charge in [0.1, 0.15) is 11.5 Å². The Morgan fingerprint density at radius 3 is 1.47 bits per heavy atom. The van der Waals surface area contributed by atoms with Crippen molar-refractivity contribution in [1.82, 2.24) is 0 Å². The van der Waals surface area contributed by atoms with Gasteiger partial charge in [0, 0.05) is 16.5 Å². The highest BCUT2D eigenvalue weighted by Crippen LogP contribution is 2.44. The molecule has 1 atom stereocenters. The molecule has 0 bridgehead atoms. The predicted molar refractivity (Wildman–Crippen MR) is 151 cm³/mol. The van der Waals surface area contributed by atoms with Gasteiger partial charge in [-0.1, -0.05) is 6.07 Å². The van der Waals surface area contributed by atoms with Crippen molar-refractivity contribution in [1.29, 1.82) is 0 Å². The van der Waals surface area contributed by atoms with Crippen LogP contribution in [0.1, 0.15) is 63.7 Å². The van der Waals surface area contributed by atoms with Gasteiger partial charge in [-0.3, -0.25) is 9.59 Å². The smallest absolute Gasteiger partial charge is 0.159 e. The second kappa shape index (κ2) is 9.57. The Morgan fingerprint density at radius 1 is 0.688 bits per heavy atom. The van der Waals surface area contributed by atoms with Gasteiger partial charge >= 0.3 is 0 Å². The first kappa shape index (κ1) is 25.4. The normalized spacial score (nSPS) is 13.0. The lowest BCUT2D eigenvalue weighted by Crippen LogP contribution is -2.27. The first-order valence-electron chi connectivity index (χ1n) is 9.71. The number of aryl methyl sites for hydroxylation is 1. The van der Waals surface area contributed by atoms with E-state index in [0.717, 1.165) is 22.3 Å². The molecule has 7 heteroatoms. The largest absolute Gasteiger partial charge is 0.507 e. The fraction of sp³-hybridized carbons (Fsp3) is 0.200. The van der Waals surface area contributed by atoms with Crippen LogP contribution in [0.2, 0.25) is 0 Å². The van der Waals surface area contributed by atoms with E-state index in [9.17, 15) is 19.8 Å². The van der Waals surface area contributed by atoms with Gasteiger partial charge in [-0.15, -0.1) is 0 Å². The minimum absolute atomic E-state index is 0.122. The van der Waals surface area contributed by atoms with E-state index < -0.39 is 5.41 Å². The summed E-state index contributed by atoms with van der Waals surface area (Å²) in [5.41, 5.74) is 3.50. The van der Waals surface area contributed by atoms with E-state index in [1.54, 1.807) is 6.07 Å². The Hall–Kier alpha value is -1.21. The highest BCUT2D eigenvalue weighted by Gasteiger charge is 2.34. The number of hydrogen-bond acceptors (Lipinski definition) is 4. The van der Waals surface area contributed by atoms with Crippen molar-refractivity contribution in [3.05, 3.63) is 86.6 Å². The van der Waals surface area contributed by atoms with Crippen molar-refractivity contribution >= 4 is 79.3 Å². The number of carbonyl (C=O) groups excluding carboxylic acids is 2. The third kappa shape index (κ3) is 4.70. The number of phenols is 2. The molecule has 0 aliphatic heterocycles. The van der Waals surface area contributed by atoms with Crippen molar-refractivity contribution in [2.24, 2.45) is 0 Å². The van der Waals surface area contributed by atoms with E-state index >= 15 is 0 Å². The molecule has 4 nitrogen and oxygen atoms in total. The number of phenolic OH excluding ortho intramolecular Hbond substituents is 2. The van der Waals surface area contributed by atoms with Crippen molar-refractivity contribution in [2.45, 2.75) is 33.1 Å². The Kier molecular flexibility index (Phi) is 7.60. The molecule has 0 heterocycles. The maximum absolute atomic E-state index is 12.3. The topological polar surface area (TPSA) is 74.6 Å². The summed E-state index contributed by atoms with van der Waals surface area (Å²) in [6.07, 6.45) is 0. The first-order chi connectivity index (χ1) is 14.9. The standard InChI is InChI=1S/C25H21I3O4/c1-12-5-17(9-20(26)23(12)31)25(4,19-10-21(27)24(32)22(28)11-19)18-7-15(13(2)29)6-16(8-18)14(3)30/h5-11,31-32H,1-4H3. The Balaban J connectivity index is 2.47. The van der Waals surface area contributed by atoms with E-state index in [1.807, 2.05) is 50.2 Å². The van der Waals surface area contributed by atoms with Gasteiger partial charge in [-0.2, -0.15) is 0 Å². The fourth-order valence-corrected chi connectivity index (χ4v) is 6.23. The summed E-state index contributed by atoms with van der Waals surface area (Å²) in [7, 11) is 0. The average Bonchev–Trinajstić information content (AvgIpc) is 2.73. The van der Waals surface area contributed by atoms with Crippen LogP contribution in [0.3, 0.4) is 0 Å². The van der Waals surface area contributed by atoms with Crippen molar-refractivity contribution in [2.75, 3.05) is 0 Å². The van der Waals surface area contributed by atoms with Gasteiger partial charge in [0.2, 0.25) is 0 Å². The van der Waals surface area contributed by atoms with E-state index in [4.69, 9.17) is 0 Å². The molecule has 0 spiro atoms. The van der Waals surface area contributed by atoms with Gasteiger partial charge in [0.15, 0.2) is 11.6 Å². The highest BCUT2D eigenvalue weighted by molar-refractivity contribution is 14.1. The monoisotopic (exact) mass is 766 g/mol. The number of halogens is 3. The van der Waals surface area contributed by atoms with E-state index in [1.165, 1.54) is 13.8 Å². The summed E-state index contributed by atoms with van der Waals surface area (Å²) in [5.74, 6) is 0.204. The van der Waals surface area contributed by atoms with Crippen molar-refractivity contribution < 1.29 is 19.8 Å². The van der Waals surface area contributed by atoms with Gasteiger partial charge in [-0.05, 0) is 154 Å². The Morgan fingerprint density at radius 2 is 1.06 bits per heavy atom. The molecule has 0 amide bonds. The molecule has 32 heavy (non-hydrogen) atoms. The molecule has 0 fully saturated rings. The minimum atomic E-state index is -0.762. The van der Waals surface area contributed by atoms with Crippen LogP contribution in [0, 0.1) is 17.6 Å².